The first-order valence-electron chi connectivity index (χ1n) is 5.90. The number of aldehydes is 1. The highest BCUT2D eigenvalue weighted by Crippen LogP contribution is 2.28. The Hall–Kier alpha value is -0.700. The Kier molecular flexibility index (Phi) is 4.10. The van der Waals surface area contributed by atoms with E-state index in [9.17, 15) is 4.79 Å². The van der Waals surface area contributed by atoms with Crippen molar-refractivity contribution < 1.29 is 4.79 Å². The highest BCUT2D eigenvalue weighted by molar-refractivity contribution is 9.10. The summed E-state index contributed by atoms with van der Waals surface area (Å²) in [6, 6.07) is 1.98. The van der Waals surface area contributed by atoms with E-state index in [-0.39, 0.29) is 0 Å². The van der Waals surface area contributed by atoms with Gasteiger partial charge >= 0.3 is 0 Å². The molecule has 0 unspecified atom stereocenters. The Bertz CT molecular complexity index is 372. The van der Waals surface area contributed by atoms with Gasteiger partial charge in [0.15, 0.2) is 6.29 Å². The molecule has 2 nitrogen and oxygen atoms in total. The van der Waals surface area contributed by atoms with Gasteiger partial charge in [0.2, 0.25) is 0 Å². The summed E-state index contributed by atoms with van der Waals surface area (Å²) in [5.41, 5.74) is 1.87. The summed E-state index contributed by atoms with van der Waals surface area (Å²) < 4.78 is 0.677. The molecule has 1 aromatic heterocycles. The molecule has 1 fully saturated rings. The molecule has 0 N–H and O–H groups in total. The van der Waals surface area contributed by atoms with Gasteiger partial charge in [0.1, 0.15) is 4.60 Å². The molecule has 16 heavy (non-hydrogen) atoms. The number of nitrogens with zero attached hydrogens (tertiary/aromatic N) is 1. The fourth-order valence-corrected chi connectivity index (χ4v) is 2.96. The molecule has 0 radical (unpaired) electrons. The second-order valence-corrected chi connectivity index (χ2v) is 5.25. The molecular weight excluding hydrogens is 266 g/mol. The summed E-state index contributed by atoms with van der Waals surface area (Å²) in [4.78, 5) is 15.1. The summed E-state index contributed by atoms with van der Waals surface area (Å²) in [5.74, 6) is 0.752. The molecule has 1 saturated carbocycles. The van der Waals surface area contributed by atoms with Gasteiger partial charge in [-0.3, -0.25) is 4.79 Å². The lowest BCUT2D eigenvalue weighted by atomic mass is 9.84. The third kappa shape index (κ3) is 2.70. The average Bonchev–Trinajstić information content (AvgIpc) is 2.31. The molecule has 3 heteroatoms. The predicted octanol–water partition coefficient (Wildman–Crippen LogP) is 3.78. The topological polar surface area (TPSA) is 30.0 Å². The molecule has 0 bridgehead atoms. The number of aromatic nitrogens is 1. The van der Waals surface area contributed by atoms with Crippen LogP contribution in [-0.4, -0.2) is 11.3 Å². The molecule has 1 aliphatic rings. The van der Waals surface area contributed by atoms with Gasteiger partial charge in [0.05, 0.1) is 5.56 Å². The van der Waals surface area contributed by atoms with Crippen molar-refractivity contribution in [2.75, 3.05) is 0 Å². The molecule has 0 aliphatic heterocycles. The summed E-state index contributed by atoms with van der Waals surface area (Å²) in [6.07, 6.45) is 10.4. The Morgan fingerprint density at radius 2 is 2.12 bits per heavy atom. The monoisotopic (exact) mass is 281 g/mol. The van der Waals surface area contributed by atoms with Crippen LogP contribution in [-0.2, 0) is 6.42 Å². The highest BCUT2D eigenvalue weighted by Gasteiger charge is 2.16. The van der Waals surface area contributed by atoms with E-state index in [0.29, 0.717) is 4.60 Å². The van der Waals surface area contributed by atoms with Gasteiger partial charge in [-0.15, -0.1) is 0 Å². The maximum Gasteiger partial charge on any atom is 0.153 e. The fraction of sp³-hybridized carbons (Fsp3) is 0.538. The molecule has 2 rings (SSSR count). The lowest BCUT2D eigenvalue weighted by molar-refractivity contribution is 0.112. The first kappa shape index (κ1) is 11.8. The van der Waals surface area contributed by atoms with E-state index in [0.717, 1.165) is 29.8 Å². The fourth-order valence-electron chi connectivity index (χ4n) is 2.49. The first-order chi connectivity index (χ1) is 7.81. The van der Waals surface area contributed by atoms with Crippen molar-refractivity contribution in [2.24, 2.45) is 5.92 Å². The van der Waals surface area contributed by atoms with E-state index in [1.807, 2.05) is 6.07 Å². The van der Waals surface area contributed by atoms with Gasteiger partial charge in [0.25, 0.3) is 0 Å². The minimum atomic E-state index is 0.677. The minimum absolute atomic E-state index is 0.677. The molecule has 1 aromatic rings. The zero-order valence-corrected chi connectivity index (χ0v) is 10.9. The number of halogens is 1. The normalized spacial score (nSPS) is 17.3. The van der Waals surface area contributed by atoms with Crippen molar-refractivity contribution in [1.29, 1.82) is 0 Å². The minimum Gasteiger partial charge on any atom is -0.298 e. The third-order valence-corrected chi connectivity index (χ3v) is 4.01. The van der Waals surface area contributed by atoms with E-state index in [1.165, 1.54) is 32.1 Å². The van der Waals surface area contributed by atoms with Crippen LogP contribution in [0.15, 0.2) is 16.9 Å². The third-order valence-electron chi connectivity index (χ3n) is 3.38. The van der Waals surface area contributed by atoms with Gasteiger partial charge in [-0.05, 0) is 39.9 Å². The Morgan fingerprint density at radius 3 is 2.81 bits per heavy atom. The van der Waals surface area contributed by atoms with Gasteiger partial charge < -0.3 is 0 Å². The molecule has 1 aliphatic carbocycles. The maximum atomic E-state index is 11.0. The number of carbonyl (C=O) groups excluding carboxylic acids is 1. The van der Waals surface area contributed by atoms with Gasteiger partial charge in [-0.1, -0.05) is 32.1 Å². The van der Waals surface area contributed by atoms with E-state index >= 15 is 0 Å². The van der Waals surface area contributed by atoms with Crippen molar-refractivity contribution in [2.45, 2.75) is 38.5 Å². The zero-order chi connectivity index (χ0) is 11.4. The molecule has 1 heterocycles. The van der Waals surface area contributed by atoms with E-state index < -0.39 is 0 Å². The Morgan fingerprint density at radius 1 is 1.38 bits per heavy atom. The van der Waals surface area contributed by atoms with Crippen LogP contribution in [0.5, 0.6) is 0 Å². The van der Waals surface area contributed by atoms with E-state index in [2.05, 4.69) is 20.9 Å². The summed E-state index contributed by atoms with van der Waals surface area (Å²) in [5, 5.41) is 0. The van der Waals surface area contributed by atoms with Crippen molar-refractivity contribution in [3.05, 3.63) is 28.0 Å². The van der Waals surface area contributed by atoms with Crippen molar-refractivity contribution in [3.63, 3.8) is 0 Å². The first-order valence-corrected chi connectivity index (χ1v) is 6.69. The molecule has 0 aromatic carbocycles. The molecular formula is C13H16BrNO. The quantitative estimate of drug-likeness (QED) is 0.623. The Balaban J connectivity index is 2.13. The molecule has 0 amide bonds. The van der Waals surface area contributed by atoms with Crippen LogP contribution in [0.2, 0.25) is 0 Å². The van der Waals surface area contributed by atoms with Crippen LogP contribution >= 0.6 is 15.9 Å². The molecule has 0 atom stereocenters. The molecule has 0 saturated heterocycles. The summed E-state index contributed by atoms with van der Waals surface area (Å²) in [6.45, 7) is 0. The standard InChI is InChI=1S/C13H16BrNO/c14-13-12(9-16)11(6-7-15-13)8-10-4-2-1-3-5-10/h6-7,9-10H,1-5,8H2. The largest absolute Gasteiger partial charge is 0.298 e. The second kappa shape index (κ2) is 5.58. The van der Waals surface area contributed by atoms with Gasteiger partial charge in [-0.2, -0.15) is 0 Å². The average molecular weight is 282 g/mol. The number of carbonyl (C=O) groups is 1. The number of pyridine rings is 1. The van der Waals surface area contributed by atoms with E-state index in [4.69, 9.17) is 0 Å². The van der Waals surface area contributed by atoms with Gasteiger partial charge in [-0.25, -0.2) is 4.98 Å². The summed E-state index contributed by atoms with van der Waals surface area (Å²) in [7, 11) is 0. The summed E-state index contributed by atoms with van der Waals surface area (Å²) >= 11 is 3.33. The van der Waals surface area contributed by atoms with Crippen molar-refractivity contribution >= 4 is 22.2 Å². The van der Waals surface area contributed by atoms with E-state index in [1.54, 1.807) is 6.20 Å². The second-order valence-electron chi connectivity index (χ2n) is 4.50. The number of hydrogen-bond donors (Lipinski definition) is 0. The molecule has 0 spiro atoms. The zero-order valence-electron chi connectivity index (χ0n) is 9.29. The van der Waals surface area contributed by atoms with Crippen LogP contribution < -0.4 is 0 Å². The Labute approximate surface area is 105 Å². The van der Waals surface area contributed by atoms with Crippen molar-refractivity contribution in [3.8, 4) is 0 Å². The molecule has 86 valence electrons. The van der Waals surface area contributed by atoms with Crippen LogP contribution in [0.3, 0.4) is 0 Å². The van der Waals surface area contributed by atoms with Crippen molar-refractivity contribution in [1.82, 2.24) is 4.98 Å². The lowest BCUT2D eigenvalue weighted by Gasteiger charge is -2.22. The highest BCUT2D eigenvalue weighted by atomic mass is 79.9. The number of hydrogen-bond acceptors (Lipinski definition) is 2. The lowest BCUT2D eigenvalue weighted by Crippen LogP contribution is -2.11. The smallest absolute Gasteiger partial charge is 0.153 e. The maximum absolute atomic E-state index is 11.0. The predicted molar refractivity (Wildman–Crippen MR) is 67.6 cm³/mol. The van der Waals surface area contributed by atoms with Crippen LogP contribution in [0.25, 0.3) is 0 Å². The van der Waals surface area contributed by atoms with Crippen LogP contribution in [0.1, 0.15) is 48.0 Å². The van der Waals surface area contributed by atoms with Crippen LogP contribution in [0, 0.1) is 5.92 Å². The SMILES string of the molecule is O=Cc1c(CC2CCCCC2)ccnc1Br. The van der Waals surface area contributed by atoms with Gasteiger partial charge in [0, 0.05) is 6.20 Å². The number of rotatable bonds is 3. The van der Waals surface area contributed by atoms with Crippen LogP contribution in [0.4, 0.5) is 0 Å².